The van der Waals surface area contributed by atoms with Gasteiger partial charge >= 0.3 is 0 Å². The van der Waals surface area contributed by atoms with Gasteiger partial charge in [0.15, 0.2) is 5.60 Å². The minimum atomic E-state index is -1.89. The molecule has 0 aliphatic carbocycles. The number of aliphatic hydroxyl groups is 1. The van der Waals surface area contributed by atoms with Gasteiger partial charge in [-0.25, -0.2) is 4.39 Å². The van der Waals surface area contributed by atoms with Crippen LogP contribution in [0.3, 0.4) is 0 Å². The van der Waals surface area contributed by atoms with E-state index in [1.165, 1.54) is 12.1 Å². The van der Waals surface area contributed by atoms with Gasteiger partial charge in [-0.15, -0.1) is 0 Å². The van der Waals surface area contributed by atoms with E-state index in [0.29, 0.717) is 5.56 Å². The standard InChI is InChI=1S/C17H13FN2O2/c1-20-9-12(10-5-2-3-8-14(10)20)17(22)11-6-4-7-13(18)15(11)19-16(17)21/h2-9,22H,1H3,(H,19,21)/t17-/m0/s1. The molecule has 0 radical (unpaired) electrons. The van der Waals surface area contributed by atoms with Gasteiger partial charge < -0.3 is 15.0 Å². The number of anilines is 1. The quantitative estimate of drug-likeness (QED) is 0.725. The molecule has 0 fully saturated rings. The Morgan fingerprint density at radius 1 is 1.14 bits per heavy atom. The third-order valence-corrected chi connectivity index (χ3v) is 4.26. The van der Waals surface area contributed by atoms with Crippen molar-refractivity contribution in [1.82, 2.24) is 4.57 Å². The molecule has 3 aromatic rings. The summed E-state index contributed by atoms with van der Waals surface area (Å²) in [6.07, 6.45) is 1.71. The first-order chi connectivity index (χ1) is 10.5. The second-order valence-corrected chi connectivity index (χ2v) is 5.50. The molecule has 1 atom stereocenters. The normalized spacial score (nSPS) is 20.2. The van der Waals surface area contributed by atoms with Gasteiger partial charge in [-0.3, -0.25) is 4.79 Å². The molecule has 2 N–H and O–H groups in total. The summed E-state index contributed by atoms with van der Waals surface area (Å²) < 4.78 is 15.8. The average Bonchev–Trinajstić information content (AvgIpc) is 2.99. The maximum Gasteiger partial charge on any atom is 0.266 e. The molecule has 4 nitrogen and oxygen atoms in total. The maximum atomic E-state index is 13.9. The number of hydrogen-bond acceptors (Lipinski definition) is 2. The van der Waals surface area contributed by atoms with E-state index in [9.17, 15) is 14.3 Å². The highest BCUT2D eigenvalue weighted by atomic mass is 19.1. The second-order valence-electron chi connectivity index (χ2n) is 5.50. The van der Waals surface area contributed by atoms with Crippen LogP contribution in [0.15, 0.2) is 48.7 Å². The lowest BCUT2D eigenvalue weighted by molar-refractivity contribution is -0.129. The van der Waals surface area contributed by atoms with Crippen molar-refractivity contribution in [3.63, 3.8) is 0 Å². The Kier molecular flexibility index (Phi) is 2.47. The molecular formula is C17H13FN2O2. The van der Waals surface area contributed by atoms with Crippen LogP contribution in [-0.4, -0.2) is 15.6 Å². The highest BCUT2D eigenvalue weighted by Gasteiger charge is 2.49. The van der Waals surface area contributed by atoms with E-state index in [1.54, 1.807) is 12.3 Å². The Morgan fingerprint density at radius 3 is 2.73 bits per heavy atom. The highest BCUT2D eigenvalue weighted by molar-refractivity contribution is 6.09. The first kappa shape index (κ1) is 13.0. The van der Waals surface area contributed by atoms with Crippen molar-refractivity contribution < 1.29 is 14.3 Å². The predicted molar refractivity (Wildman–Crippen MR) is 80.9 cm³/mol. The van der Waals surface area contributed by atoms with E-state index in [1.807, 2.05) is 35.9 Å². The SMILES string of the molecule is Cn1cc([C@]2(O)C(=O)Nc3c(F)cccc32)c2ccccc21. The number of nitrogens with one attached hydrogen (secondary N) is 1. The molecule has 1 aliphatic rings. The van der Waals surface area contributed by atoms with E-state index in [-0.39, 0.29) is 11.3 Å². The summed E-state index contributed by atoms with van der Waals surface area (Å²) in [6.45, 7) is 0. The Morgan fingerprint density at radius 2 is 1.91 bits per heavy atom. The molecule has 0 spiro atoms. The topological polar surface area (TPSA) is 54.3 Å². The van der Waals surface area contributed by atoms with Crippen LogP contribution in [0.5, 0.6) is 0 Å². The molecule has 2 heterocycles. The number of nitrogens with zero attached hydrogens (tertiary/aromatic N) is 1. The van der Waals surface area contributed by atoms with Gasteiger partial charge in [0.05, 0.1) is 5.69 Å². The van der Waals surface area contributed by atoms with Crippen LogP contribution >= 0.6 is 0 Å². The van der Waals surface area contributed by atoms with Crippen molar-refractivity contribution in [2.24, 2.45) is 7.05 Å². The van der Waals surface area contributed by atoms with Gasteiger partial charge in [0.1, 0.15) is 5.82 Å². The van der Waals surface area contributed by atoms with Gasteiger partial charge in [0.25, 0.3) is 5.91 Å². The van der Waals surface area contributed by atoms with E-state index in [4.69, 9.17) is 0 Å². The molecular weight excluding hydrogens is 283 g/mol. The first-order valence-corrected chi connectivity index (χ1v) is 6.91. The van der Waals surface area contributed by atoms with Crippen LogP contribution in [-0.2, 0) is 17.4 Å². The number of benzene rings is 2. The fraction of sp³-hybridized carbons (Fsp3) is 0.118. The molecule has 2 aromatic carbocycles. The number of carbonyl (C=O) groups is 1. The third kappa shape index (κ3) is 1.46. The monoisotopic (exact) mass is 296 g/mol. The number of aryl methyl sites for hydroxylation is 1. The Labute approximate surface area is 125 Å². The summed E-state index contributed by atoms with van der Waals surface area (Å²) in [5.74, 6) is -1.19. The summed E-state index contributed by atoms with van der Waals surface area (Å²) in [5, 5.41) is 14.3. The van der Waals surface area contributed by atoms with Crippen molar-refractivity contribution in [3.8, 4) is 0 Å². The fourth-order valence-corrected chi connectivity index (χ4v) is 3.18. The molecule has 5 heteroatoms. The maximum absolute atomic E-state index is 13.9. The van der Waals surface area contributed by atoms with Gasteiger partial charge in [0.2, 0.25) is 0 Å². The Bertz CT molecular complexity index is 932. The number of halogens is 1. The lowest BCUT2D eigenvalue weighted by atomic mass is 9.87. The molecule has 0 unspecified atom stereocenters. The van der Waals surface area contributed by atoms with Crippen LogP contribution in [0.4, 0.5) is 10.1 Å². The minimum absolute atomic E-state index is 0.0444. The van der Waals surface area contributed by atoms with Gasteiger partial charge in [-0.2, -0.15) is 0 Å². The van der Waals surface area contributed by atoms with Crippen molar-refractivity contribution in [1.29, 1.82) is 0 Å². The average molecular weight is 296 g/mol. The van der Waals surface area contributed by atoms with Gasteiger partial charge in [0, 0.05) is 35.3 Å². The number of rotatable bonds is 1. The van der Waals surface area contributed by atoms with Crippen molar-refractivity contribution >= 4 is 22.5 Å². The Hall–Kier alpha value is -2.66. The summed E-state index contributed by atoms with van der Waals surface area (Å²) in [6, 6.07) is 11.8. The van der Waals surface area contributed by atoms with E-state index in [0.717, 1.165) is 10.9 Å². The molecule has 1 aromatic heterocycles. The van der Waals surface area contributed by atoms with Crippen LogP contribution in [0, 0.1) is 5.82 Å². The summed E-state index contributed by atoms with van der Waals surface area (Å²) in [4.78, 5) is 12.4. The van der Waals surface area contributed by atoms with E-state index >= 15 is 0 Å². The van der Waals surface area contributed by atoms with Crippen LogP contribution in [0.2, 0.25) is 0 Å². The summed E-state index contributed by atoms with van der Waals surface area (Å²) >= 11 is 0. The summed E-state index contributed by atoms with van der Waals surface area (Å²) in [5.41, 5.74) is -0.258. The molecule has 0 saturated carbocycles. The zero-order chi connectivity index (χ0) is 15.5. The molecule has 22 heavy (non-hydrogen) atoms. The number of para-hydroxylation sites is 2. The molecule has 4 rings (SSSR count). The zero-order valence-corrected chi connectivity index (χ0v) is 11.8. The third-order valence-electron chi connectivity index (χ3n) is 4.26. The van der Waals surface area contributed by atoms with Gasteiger partial charge in [-0.1, -0.05) is 30.3 Å². The number of amides is 1. The zero-order valence-electron chi connectivity index (χ0n) is 11.8. The first-order valence-electron chi connectivity index (χ1n) is 6.91. The van der Waals surface area contributed by atoms with Crippen molar-refractivity contribution in [3.05, 3.63) is 65.6 Å². The van der Waals surface area contributed by atoms with E-state index < -0.39 is 17.3 Å². The number of aromatic nitrogens is 1. The lowest BCUT2D eigenvalue weighted by Crippen LogP contribution is -2.35. The van der Waals surface area contributed by atoms with Crippen LogP contribution < -0.4 is 5.32 Å². The largest absolute Gasteiger partial charge is 0.372 e. The number of carbonyl (C=O) groups excluding carboxylic acids is 1. The lowest BCUT2D eigenvalue weighted by Gasteiger charge is -2.20. The Balaban J connectivity index is 2.07. The fourth-order valence-electron chi connectivity index (χ4n) is 3.18. The highest BCUT2D eigenvalue weighted by Crippen LogP contribution is 2.44. The molecule has 110 valence electrons. The minimum Gasteiger partial charge on any atom is -0.372 e. The number of hydrogen-bond donors (Lipinski definition) is 2. The van der Waals surface area contributed by atoms with Gasteiger partial charge in [-0.05, 0) is 12.1 Å². The second kappa shape index (κ2) is 4.18. The molecule has 0 saturated heterocycles. The number of fused-ring (bicyclic) bond motifs is 2. The van der Waals surface area contributed by atoms with E-state index in [2.05, 4.69) is 5.32 Å². The van der Waals surface area contributed by atoms with Crippen LogP contribution in [0.25, 0.3) is 10.9 Å². The smallest absolute Gasteiger partial charge is 0.266 e. The van der Waals surface area contributed by atoms with Crippen molar-refractivity contribution in [2.45, 2.75) is 5.60 Å². The molecule has 1 amide bonds. The molecule has 0 bridgehead atoms. The summed E-state index contributed by atoms with van der Waals surface area (Å²) in [7, 11) is 1.84. The predicted octanol–water partition coefficient (Wildman–Crippen LogP) is 2.51. The van der Waals surface area contributed by atoms with Crippen LogP contribution in [0.1, 0.15) is 11.1 Å². The molecule has 1 aliphatic heterocycles. The van der Waals surface area contributed by atoms with Crippen molar-refractivity contribution in [2.75, 3.05) is 5.32 Å².